The van der Waals surface area contributed by atoms with Crippen LogP contribution in [0.25, 0.3) is 0 Å². The van der Waals surface area contributed by atoms with Gasteiger partial charge in [-0.05, 0) is 25.7 Å². The fraction of sp³-hybridized carbons (Fsp3) is 0.625. The number of likely N-dealkylation sites (tertiary alicyclic amines) is 1. The molecule has 3 unspecified atom stereocenters. The summed E-state index contributed by atoms with van der Waals surface area (Å²) in [6.45, 7) is 6.43. The van der Waals surface area contributed by atoms with Crippen LogP contribution in [-0.2, 0) is 9.59 Å². The zero-order chi connectivity index (χ0) is 16.7. The Balaban J connectivity index is 2.83. The van der Waals surface area contributed by atoms with Gasteiger partial charge in [0, 0.05) is 25.9 Å². The minimum atomic E-state index is -0.823. The number of allylic oxidation sites excluding steroid dienone is 1. The molecule has 0 bridgehead atoms. The molecule has 1 rings (SSSR count). The van der Waals surface area contributed by atoms with Crippen LogP contribution in [0.4, 0.5) is 0 Å². The predicted octanol–water partition coefficient (Wildman–Crippen LogP) is 1.90. The highest BCUT2D eigenvalue weighted by Crippen LogP contribution is 2.27. The van der Waals surface area contributed by atoms with E-state index in [9.17, 15) is 19.8 Å². The van der Waals surface area contributed by atoms with Crippen LogP contribution in [0.1, 0.15) is 33.6 Å². The molecule has 0 aromatic rings. The number of aliphatic hydroxyl groups excluding tert-OH is 1. The first-order valence-corrected chi connectivity index (χ1v) is 7.64. The van der Waals surface area contributed by atoms with Crippen LogP contribution >= 0.6 is 0 Å². The van der Waals surface area contributed by atoms with E-state index in [1.807, 2.05) is 30.9 Å². The first kappa shape index (κ1) is 18.2. The van der Waals surface area contributed by atoms with Gasteiger partial charge in [-0.1, -0.05) is 19.1 Å². The number of carbonyl (C=O) groups is 2. The number of nitrogens with zero attached hydrogens (tertiary/aromatic N) is 1. The molecule has 1 fully saturated rings. The molecule has 0 spiro atoms. The lowest BCUT2D eigenvalue weighted by Crippen LogP contribution is -2.41. The van der Waals surface area contributed by atoms with Crippen molar-refractivity contribution in [2.24, 2.45) is 11.8 Å². The zero-order valence-electron chi connectivity index (χ0n) is 13.5. The molecule has 3 N–H and O–H groups in total. The van der Waals surface area contributed by atoms with Crippen LogP contribution in [0.2, 0.25) is 0 Å². The summed E-state index contributed by atoms with van der Waals surface area (Å²) in [6.07, 6.45) is 6.18. The van der Waals surface area contributed by atoms with Crippen molar-refractivity contribution in [3.63, 3.8) is 0 Å². The van der Waals surface area contributed by atoms with Gasteiger partial charge in [-0.2, -0.15) is 0 Å². The molecule has 1 amide bonds. The highest BCUT2D eigenvalue weighted by atomic mass is 16.4. The number of aliphatic hydroxyl groups is 1. The molecular weight excluding hydrogens is 284 g/mol. The number of carboxylic acids is 1. The van der Waals surface area contributed by atoms with Gasteiger partial charge < -0.3 is 15.5 Å². The summed E-state index contributed by atoms with van der Waals surface area (Å²) in [5.41, 5.74) is 0.439. The Morgan fingerprint density at radius 3 is 2.59 bits per heavy atom. The Kier molecular flexibility index (Phi) is 7.11. The maximum Gasteiger partial charge on any atom is 0.320 e. The molecule has 0 saturated carbocycles. The Morgan fingerprint density at radius 2 is 2.14 bits per heavy atom. The van der Waals surface area contributed by atoms with Crippen molar-refractivity contribution in [2.45, 2.75) is 39.7 Å². The SMILES string of the molecule is C/C=C\C1CC(C(=O)O)N(CC(CC)/C(=C/O)NC(C)=O)C1. The lowest BCUT2D eigenvalue weighted by atomic mass is 10.0. The molecule has 3 atom stereocenters. The Labute approximate surface area is 131 Å². The highest BCUT2D eigenvalue weighted by Gasteiger charge is 2.36. The quantitative estimate of drug-likeness (QED) is 0.493. The van der Waals surface area contributed by atoms with Gasteiger partial charge >= 0.3 is 5.97 Å². The molecule has 22 heavy (non-hydrogen) atoms. The van der Waals surface area contributed by atoms with Crippen LogP contribution in [0.3, 0.4) is 0 Å². The second-order valence-corrected chi connectivity index (χ2v) is 5.70. The molecule has 0 radical (unpaired) electrons. The van der Waals surface area contributed by atoms with Gasteiger partial charge in [-0.15, -0.1) is 0 Å². The van der Waals surface area contributed by atoms with Gasteiger partial charge in [-0.25, -0.2) is 0 Å². The minimum Gasteiger partial charge on any atom is -0.514 e. The molecule has 0 aromatic carbocycles. The minimum absolute atomic E-state index is 0.111. The number of hydrogen-bond donors (Lipinski definition) is 3. The molecular formula is C16H26N2O4. The molecule has 0 aromatic heterocycles. The fourth-order valence-corrected chi connectivity index (χ4v) is 2.98. The molecule has 1 heterocycles. The molecule has 0 aliphatic carbocycles. The number of amides is 1. The first-order valence-electron chi connectivity index (χ1n) is 7.64. The first-order chi connectivity index (χ1) is 10.4. The number of carboxylic acid groups (broad SMARTS) is 1. The Hall–Kier alpha value is -1.82. The summed E-state index contributed by atoms with van der Waals surface area (Å²) >= 11 is 0. The molecule has 1 aliphatic rings. The summed E-state index contributed by atoms with van der Waals surface area (Å²) in [4.78, 5) is 24.6. The van der Waals surface area contributed by atoms with Crippen molar-refractivity contribution in [1.29, 1.82) is 0 Å². The van der Waals surface area contributed by atoms with Gasteiger partial charge in [0.1, 0.15) is 6.04 Å². The summed E-state index contributed by atoms with van der Waals surface area (Å²) < 4.78 is 0. The highest BCUT2D eigenvalue weighted by molar-refractivity contribution is 5.75. The van der Waals surface area contributed by atoms with Crippen molar-refractivity contribution < 1.29 is 19.8 Å². The van der Waals surface area contributed by atoms with Crippen molar-refractivity contribution in [2.75, 3.05) is 13.1 Å². The van der Waals surface area contributed by atoms with E-state index < -0.39 is 12.0 Å². The van der Waals surface area contributed by atoms with Crippen LogP contribution < -0.4 is 5.32 Å². The fourth-order valence-electron chi connectivity index (χ4n) is 2.98. The number of carbonyl (C=O) groups excluding carboxylic acids is 1. The molecule has 6 nitrogen and oxygen atoms in total. The zero-order valence-corrected chi connectivity index (χ0v) is 13.5. The van der Waals surface area contributed by atoms with Crippen molar-refractivity contribution >= 4 is 11.9 Å². The van der Waals surface area contributed by atoms with E-state index in [-0.39, 0.29) is 17.7 Å². The molecule has 124 valence electrons. The normalized spacial score (nSPS) is 24.6. The van der Waals surface area contributed by atoms with Gasteiger partial charge in [-0.3, -0.25) is 14.5 Å². The third-order valence-corrected chi connectivity index (χ3v) is 4.03. The summed E-state index contributed by atoms with van der Waals surface area (Å²) in [7, 11) is 0. The van der Waals surface area contributed by atoms with E-state index in [2.05, 4.69) is 5.32 Å². The summed E-state index contributed by atoms with van der Waals surface area (Å²) in [5, 5.41) is 21.4. The molecule has 1 saturated heterocycles. The van der Waals surface area contributed by atoms with E-state index in [0.29, 0.717) is 31.6 Å². The molecule has 6 heteroatoms. The second-order valence-electron chi connectivity index (χ2n) is 5.70. The standard InChI is InChI=1S/C16H26N2O4/c1-4-6-12-7-15(16(21)22)18(8-12)9-13(5-2)14(10-19)17-11(3)20/h4,6,10,12-13,15,19H,5,7-9H2,1-3H3,(H,17,20)(H,21,22)/b6-4-,14-10-. The van der Waals surface area contributed by atoms with Crippen molar-refractivity contribution in [3.05, 3.63) is 24.1 Å². The van der Waals surface area contributed by atoms with E-state index in [4.69, 9.17) is 0 Å². The van der Waals surface area contributed by atoms with E-state index in [1.165, 1.54) is 6.92 Å². The van der Waals surface area contributed by atoms with Gasteiger partial charge in [0.25, 0.3) is 0 Å². The van der Waals surface area contributed by atoms with Crippen LogP contribution in [0.15, 0.2) is 24.1 Å². The topological polar surface area (TPSA) is 89.9 Å². The van der Waals surface area contributed by atoms with Gasteiger partial charge in [0.2, 0.25) is 5.91 Å². The van der Waals surface area contributed by atoms with E-state index >= 15 is 0 Å². The number of nitrogens with one attached hydrogen (secondary N) is 1. The third kappa shape index (κ3) is 4.87. The number of aliphatic carboxylic acids is 1. The van der Waals surface area contributed by atoms with Gasteiger partial charge in [0.15, 0.2) is 0 Å². The lowest BCUT2D eigenvalue weighted by Gasteiger charge is -2.27. The number of hydrogen-bond acceptors (Lipinski definition) is 4. The average molecular weight is 310 g/mol. The smallest absolute Gasteiger partial charge is 0.320 e. The Bertz CT molecular complexity index is 459. The van der Waals surface area contributed by atoms with Crippen molar-refractivity contribution in [1.82, 2.24) is 10.2 Å². The second kappa shape index (κ2) is 8.58. The summed E-state index contributed by atoms with van der Waals surface area (Å²) in [5.74, 6) is -0.955. The maximum absolute atomic E-state index is 11.4. The van der Waals surface area contributed by atoms with Crippen LogP contribution in [0, 0.1) is 11.8 Å². The largest absolute Gasteiger partial charge is 0.514 e. The maximum atomic E-state index is 11.4. The van der Waals surface area contributed by atoms with Crippen LogP contribution in [0.5, 0.6) is 0 Å². The van der Waals surface area contributed by atoms with E-state index in [0.717, 1.165) is 6.26 Å². The lowest BCUT2D eigenvalue weighted by molar-refractivity contribution is -0.142. The Morgan fingerprint density at radius 1 is 1.45 bits per heavy atom. The van der Waals surface area contributed by atoms with E-state index in [1.54, 1.807) is 0 Å². The number of rotatable bonds is 7. The summed E-state index contributed by atoms with van der Waals surface area (Å²) in [6, 6.07) is -0.521. The average Bonchev–Trinajstić information content (AvgIpc) is 2.85. The third-order valence-electron chi connectivity index (χ3n) is 4.03. The van der Waals surface area contributed by atoms with Crippen molar-refractivity contribution in [3.8, 4) is 0 Å². The predicted molar refractivity (Wildman–Crippen MR) is 84.2 cm³/mol. The van der Waals surface area contributed by atoms with Gasteiger partial charge in [0.05, 0.1) is 12.0 Å². The monoisotopic (exact) mass is 310 g/mol. The van der Waals surface area contributed by atoms with Crippen LogP contribution in [-0.4, -0.2) is 46.1 Å². The molecule has 1 aliphatic heterocycles.